The summed E-state index contributed by atoms with van der Waals surface area (Å²) in [5.74, 6) is 0.125. The monoisotopic (exact) mass is 216 g/mol. The van der Waals surface area contributed by atoms with Gasteiger partial charge >= 0.3 is 0 Å². The number of ketones is 1. The minimum absolute atomic E-state index is 0.125. The van der Waals surface area contributed by atoms with Gasteiger partial charge in [-0.3, -0.25) is 4.79 Å². The van der Waals surface area contributed by atoms with E-state index in [1.807, 2.05) is 41.8 Å². The third-order valence-electron chi connectivity index (χ3n) is 2.34. The second kappa shape index (κ2) is 4.41. The van der Waals surface area contributed by atoms with Crippen LogP contribution in [0.15, 0.2) is 41.8 Å². The van der Waals surface area contributed by atoms with Gasteiger partial charge in [0.25, 0.3) is 0 Å². The molecule has 0 fully saturated rings. The average Bonchev–Trinajstić information content (AvgIpc) is 2.81. The Kier molecular flexibility index (Phi) is 2.97. The maximum atomic E-state index is 12.0. The molecule has 0 bridgehead atoms. The number of aryl methyl sites for hydroxylation is 1. The fourth-order valence-corrected chi connectivity index (χ4v) is 2.17. The molecule has 2 aromatic rings. The third-order valence-corrected chi connectivity index (χ3v) is 3.21. The summed E-state index contributed by atoms with van der Waals surface area (Å²) in [6, 6.07) is 11.6. The van der Waals surface area contributed by atoms with Crippen LogP contribution in [0.1, 0.15) is 27.7 Å². The standard InChI is InChI=1S/C13H12OS/c1-2-10-5-3-6-11(9-10)13(14)12-7-4-8-15-12/h3-9H,2H2,1H3. The van der Waals surface area contributed by atoms with E-state index in [-0.39, 0.29) is 5.78 Å². The van der Waals surface area contributed by atoms with Crippen LogP contribution >= 0.6 is 11.3 Å². The van der Waals surface area contributed by atoms with E-state index in [4.69, 9.17) is 0 Å². The summed E-state index contributed by atoms with van der Waals surface area (Å²) < 4.78 is 0. The van der Waals surface area contributed by atoms with Gasteiger partial charge < -0.3 is 0 Å². The summed E-state index contributed by atoms with van der Waals surface area (Å²) in [7, 11) is 0. The normalized spacial score (nSPS) is 10.2. The summed E-state index contributed by atoms with van der Waals surface area (Å²) in [5, 5.41) is 1.93. The molecule has 2 heteroatoms. The van der Waals surface area contributed by atoms with Gasteiger partial charge in [0.2, 0.25) is 5.78 Å². The minimum Gasteiger partial charge on any atom is -0.288 e. The van der Waals surface area contributed by atoms with Crippen LogP contribution in [0, 0.1) is 0 Å². The van der Waals surface area contributed by atoms with Crippen molar-refractivity contribution in [2.75, 3.05) is 0 Å². The van der Waals surface area contributed by atoms with Gasteiger partial charge in [0.1, 0.15) is 0 Å². The number of benzene rings is 1. The summed E-state index contributed by atoms with van der Waals surface area (Å²) in [5.41, 5.74) is 1.99. The maximum absolute atomic E-state index is 12.0. The van der Waals surface area contributed by atoms with Crippen molar-refractivity contribution in [3.63, 3.8) is 0 Å². The van der Waals surface area contributed by atoms with Crippen LogP contribution in [0.4, 0.5) is 0 Å². The number of rotatable bonds is 3. The Morgan fingerprint density at radius 2 is 2.13 bits per heavy atom. The van der Waals surface area contributed by atoms with E-state index in [9.17, 15) is 4.79 Å². The number of thiophene rings is 1. The molecule has 0 saturated heterocycles. The lowest BCUT2D eigenvalue weighted by atomic mass is 10.1. The Bertz CT molecular complexity index is 457. The van der Waals surface area contributed by atoms with Gasteiger partial charge in [-0.15, -0.1) is 11.3 Å². The molecular weight excluding hydrogens is 204 g/mol. The highest BCUT2D eigenvalue weighted by molar-refractivity contribution is 7.12. The van der Waals surface area contributed by atoms with Crippen LogP contribution in [0.5, 0.6) is 0 Å². The van der Waals surface area contributed by atoms with Gasteiger partial charge in [-0.25, -0.2) is 0 Å². The molecule has 0 aliphatic rings. The Hall–Kier alpha value is -1.41. The Morgan fingerprint density at radius 1 is 1.27 bits per heavy atom. The number of carbonyl (C=O) groups excluding carboxylic acids is 1. The zero-order valence-corrected chi connectivity index (χ0v) is 9.38. The Balaban J connectivity index is 2.34. The molecule has 0 spiro atoms. The quantitative estimate of drug-likeness (QED) is 0.717. The van der Waals surface area contributed by atoms with Crippen LogP contribution < -0.4 is 0 Å². The molecule has 2 rings (SSSR count). The summed E-state index contributed by atoms with van der Waals surface area (Å²) in [6.07, 6.45) is 0.964. The number of carbonyl (C=O) groups is 1. The van der Waals surface area contributed by atoms with Gasteiger partial charge in [-0.05, 0) is 29.5 Å². The number of hydrogen-bond acceptors (Lipinski definition) is 2. The number of hydrogen-bond donors (Lipinski definition) is 0. The van der Waals surface area contributed by atoms with Crippen LogP contribution in [0.25, 0.3) is 0 Å². The average molecular weight is 216 g/mol. The molecule has 0 amide bonds. The molecule has 1 aromatic carbocycles. The highest BCUT2D eigenvalue weighted by atomic mass is 32.1. The maximum Gasteiger partial charge on any atom is 0.202 e. The van der Waals surface area contributed by atoms with E-state index >= 15 is 0 Å². The van der Waals surface area contributed by atoms with Crippen molar-refractivity contribution in [3.05, 3.63) is 57.8 Å². The first kappa shape index (κ1) is 10.1. The molecule has 1 nitrogen and oxygen atoms in total. The van der Waals surface area contributed by atoms with Crippen molar-refractivity contribution in [2.45, 2.75) is 13.3 Å². The highest BCUT2D eigenvalue weighted by Crippen LogP contribution is 2.16. The van der Waals surface area contributed by atoms with Gasteiger partial charge in [0.05, 0.1) is 4.88 Å². The zero-order chi connectivity index (χ0) is 10.7. The molecule has 0 atom stereocenters. The molecule has 1 aromatic heterocycles. The Labute approximate surface area is 93.4 Å². The molecular formula is C13H12OS. The SMILES string of the molecule is CCc1cccc(C(=O)c2cccs2)c1. The molecule has 76 valence electrons. The second-order valence-electron chi connectivity index (χ2n) is 3.36. The van der Waals surface area contributed by atoms with E-state index < -0.39 is 0 Å². The van der Waals surface area contributed by atoms with Crippen molar-refractivity contribution in [3.8, 4) is 0 Å². The molecule has 0 saturated carbocycles. The van der Waals surface area contributed by atoms with Crippen molar-refractivity contribution in [2.24, 2.45) is 0 Å². The predicted molar refractivity (Wildman–Crippen MR) is 63.6 cm³/mol. The molecule has 0 unspecified atom stereocenters. The Morgan fingerprint density at radius 3 is 2.80 bits per heavy atom. The first-order chi connectivity index (χ1) is 7.31. The van der Waals surface area contributed by atoms with Gasteiger partial charge in [-0.2, -0.15) is 0 Å². The smallest absolute Gasteiger partial charge is 0.202 e. The minimum atomic E-state index is 0.125. The fraction of sp³-hybridized carbons (Fsp3) is 0.154. The second-order valence-corrected chi connectivity index (χ2v) is 4.31. The molecule has 0 aliphatic carbocycles. The van der Waals surface area contributed by atoms with Gasteiger partial charge in [0.15, 0.2) is 0 Å². The van der Waals surface area contributed by atoms with Crippen molar-refractivity contribution >= 4 is 17.1 Å². The van der Waals surface area contributed by atoms with E-state index in [0.29, 0.717) is 0 Å². The first-order valence-electron chi connectivity index (χ1n) is 4.98. The molecule has 0 radical (unpaired) electrons. The molecule has 1 heterocycles. The molecule has 15 heavy (non-hydrogen) atoms. The van der Waals surface area contributed by atoms with E-state index in [1.54, 1.807) is 0 Å². The zero-order valence-electron chi connectivity index (χ0n) is 8.57. The lowest BCUT2D eigenvalue weighted by molar-refractivity contribution is 0.104. The van der Waals surface area contributed by atoms with E-state index in [1.165, 1.54) is 16.9 Å². The van der Waals surface area contributed by atoms with E-state index in [0.717, 1.165) is 16.9 Å². The van der Waals surface area contributed by atoms with Crippen LogP contribution in [-0.4, -0.2) is 5.78 Å². The van der Waals surface area contributed by atoms with Crippen LogP contribution in [-0.2, 0) is 6.42 Å². The van der Waals surface area contributed by atoms with Gasteiger partial charge in [0, 0.05) is 5.56 Å². The predicted octanol–water partition coefficient (Wildman–Crippen LogP) is 3.54. The first-order valence-corrected chi connectivity index (χ1v) is 5.86. The van der Waals surface area contributed by atoms with Crippen LogP contribution in [0.3, 0.4) is 0 Å². The molecule has 0 N–H and O–H groups in total. The molecule has 0 aliphatic heterocycles. The lowest BCUT2D eigenvalue weighted by Crippen LogP contribution is -1.98. The summed E-state index contributed by atoms with van der Waals surface area (Å²) in [4.78, 5) is 12.8. The van der Waals surface area contributed by atoms with Crippen molar-refractivity contribution in [1.29, 1.82) is 0 Å². The van der Waals surface area contributed by atoms with E-state index in [2.05, 4.69) is 6.92 Å². The topological polar surface area (TPSA) is 17.1 Å². The third kappa shape index (κ3) is 2.16. The van der Waals surface area contributed by atoms with Crippen molar-refractivity contribution < 1.29 is 4.79 Å². The summed E-state index contributed by atoms with van der Waals surface area (Å²) >= 11 is 1.49. The summed E-state index contributed by atoms with van der Waals surface area (Å²) in [6.45, 7) is 2.09. The highest BCUT2D eigenvalue weighted by Gasteiger charge is 2.09. The lowest BCUT2D eigenvalue weighted by Gasteiger charge is -2.00. The fourth-order valence-electron chi connectivity index (χ4n) is 1.48. The largest absolute Gasteiger partial charge is 0.288 e. The van der Waals surface area contributed by atoms with Gasteiger partial charge in [-0.1, -0.05) is 31.2 Å². The van der Waals surface area contributed by atoms with Crippen molar-refractivity contribution in [1.82, 2.24) is 0 Å². The van der Waals surface area contributed by atoms with Crippen LogP contribution in [0.2, 0.25) is 0 Å².